The van der Waals surface area contributed by atoms with E-state index in [0.29, 0.717) is 28.2 Å². The number of urea groups is 1. The minimum atomic E-state index is -0.124. The molecule has 6 heteroatoms. The number of anilines is 1. The van der Waals surface area contributed by atoms with Gasteiger partial charge in [0.2, 0.25) is 0 Å². The van der Waals surface area contributed by atoms with Crippen LogP contribution in [0.15, 0.2) is 18.2 Å². The number of amides is 2. The third-order valence-electron chi connectivity index (χ3n) is 3.43. The molecular formula is C13H17Cl2N3O. The van der Waals surface area contributed by atoms with E-state index in [1.807, 2.05) is 6.92 Å². The maximum Gasteiger partial charge on any atom is 0.321 e. The first kappa shape index (κ1) is 14.4. The lowest BCUT2D eigenvalue weighted by molar-refractivity contribution is 0.220. The minimum Gasteiger partial charge on any atom is -0.328 e. The number of benzene rings is 1. The number of nitrogens with zero attached hydrogens (tertiary/aromatic N) is 1. The molecule has 2 amide bonds. The molecule has 2 rings (SSSR count). The first-order chi connectivity index (χ1) is 8.97. The highest BCUT2D eigenvalue weighted by atomic mass is 35.5. The average molecular weight is 302 g/mol. The van der Waals surface area contributed by atoms with Crippen LogP contribution >= 0.6 is 23.2 Å². The summed E-state index contributed by atoms with van der Waals surface area (Å²) in [6.45, 7) is 3.41. The minimum absolute atomic E-state index is 0.114. The second-order valence-electron chi connectivity index (χ2n) is 4.91. The van der Waals surface area contributed by atoms with Gasteiger partial charge in [-0.25, -0.2) is 4.79 Å². The maximum absolute atomic E-state index is 12.1. The lowest BCUT2D eigenvalue weighted by Crippen LogP contribution is -2.35. The molecule has 1 fully saturated rings. The molecule has 1 saturated heterocycles. The number of carbonyl (C=O) groups excluding carboxylic acids is 1. The van der Waals surface area contributed by atoms with Gasteiger partial charge in [-0.05, 0) is 37.5 Å². The number of nitrogens with one attached hydrogen (secondary N) is 1. The molecule has 0 aromatic heterocycles. The number of carbonyl (C=O) groups is 1. The zero-order valence-electron chi connectivity index (χ0n) is 10.7. The summed E-state index contributed by atoms with van der Waals surface area (Å²) in [6.07, 6.45) is 0.951. The van der Waals surface area contributed by atoms with E-state index in [9.17, 15) is 4.79 Å². The molecule has 2 unspecified atom stereocenters. The summed E-state index contributed by atoms with van der Waals surface area (Å²) in [5.41, 5.74) is 6.50. The summed E-state index contributed by atoms with van der Waals surface area (Å²) in [7, 11) is 0. The Kier molecular flexibility index (Phi) is 4.55. The summed E-state index contributed by atoms with van der Waals surface area (Å²) in [5.74, 6) is 0.375. The fourth-order valence-electron chi connectivity index (χ4n) is 2.18. The van der Waals surface area contributed by atoms with E-state index < -0.39 is 0 Å². The third kappa shape index (κ3) is 3.53. The van der Waals surface area contributed by atoms with E-state index in [0.717, 1.165) is 13.0 Å². The molecule has 19 heavy (non-hydrogen) atoms. The Morgan fingerprint density at radius 1 is 1.47 bits per heavy atom. The Morgan fingerprint density at radius 3 is 2.79 bits per heavy atom. The van der Waals surface area contributed by atoms with Crippen LogP contribution in [0.1, 0.15) is 13.3 Å². The molecule has 4 nitrogen and oxygen atoms in total. The van der Waals surface area contributed by atoms with Gasteiger partial charge in [0.25, 0.3) is 0 Å². The number of likely N-dealkylation sites (tertiary alicyclic amines) is 1. The Hall–Kier alpha value is -0.970. The van der Waals surface area contributed by atoms with Gasteiger partial charge in [-0.3, -0.25) is 0 Å². The van der Waals surface area contributed by atoms with Gasteiger partial charge in [0.15, 0.2) is 0 Å². The number of hydrogen-bond donors (Lipinski definition) is 2. The van der Waals surface area contributed by atoms with Crippen LogP contribution in [0.2, 0.25) is 10.0 Å². The number of nitrogens with two attached hydrogens (primary N) is 1. The van der Waals surface area contributed by atoms with Gasteiger partial charge in [0.1, 0.15) is 0 Å². The van der Waals surface area contributed by atoms with E-state index in [-0.39, 0.29) is 12.1 Å². The topological polar surface area (TPSA) is 58.4 Å². The normalized spacial score (nSPS) is 20.4. The van der Waals surface area contributed by atoms with Crippen LogP contribution in [0.3, 0.4) is 0 Å². The number of halogens is 2. The summed E-state index contributed by atoms with van der Waals surface area (Å²) >= 11 is 11.7. The van der Waals surface area contributed by atoms with Crippen molar-refractivity contribution in [3.63, 3.8) is 0 Å². The highest BCUT2D eigenvalue weighted by Gasteiger charge is 2.28. The van der Waals surface area contributed by atoms with Crippen LogP contribution in [0.4, 0.5) is 10.5 Å². The number of hydrogen-bond acceptors (Lipinski definition) is 2. The lowest BCUT2D eigenvalue weighted by Gasteiger charge is -2.18. The van der Waals surface area contributed by atoms with Crippen molar-refractivity contribution >= 4 is 34.9 Å². The summed E-state index contributed by atoms with van der Waals surface area (Å²) in [6, 6.07) is 5.02. The van der Waals surface area contributed by atoms with Crippen molar-refractivity contribution in [1.82, 2.24) is 4.90 Å². The van der Waals surface area contributed by atoms with Gasteiger partial charge < -0.3 is 16.0 Å². The molecule has 1 aliphatic heterocycles. The predicted molar refractivity (Wildman–Crippen MR) is 78.8 cm³/mol. The van der Waals surface area contributed by atoms with E-state index in [4.69, 9.17) is 28.9 Å². The largest absolute Gasteiger partial charge is 0.328 e. The van der Waals surface area contributed by atoms with Crippen molar-refractivity contribution in [2.24, 2.45) is 11.7 Å². The van der Waals surface area contributed by atoms with Crippen LogP contribution in [-0.2, 0) is 0 Å². The predicted octanol–water partition coefficient (Wildman–Crippen LogP) is 3.19. The van der Waals surface area contributed by atoms with Gasteiger partial charge in [0.05, 0.1) is 10.0 Å². The Labute approximate surface area is 122 Å². The van der Waals surface area contributed by atoms with Crippen molar-refractivity contribution in [2.45, 2.75) is 19.4 Å². The van der Waals surface area contributed by atoms with E-state index in [2.05, 4.69) is 5.32 Å². The molecule has 1 aromatic rings. The van der Waals surface area contributed by atoms with Crippen LogP contribution in [0.25, 0.3) is 0 Å². The zero-order chi connectivity index (χ0) is 14.0. The quantitative estimate of drug-likeness (QED) is 0.881. The van der Waals surface area contributed by atoms with Crippen molar-refractivity contribution < 1.29 is 4.79 Å². The highest BCUT2D eigenvalue weighted by molar-refractivity contribution is 6.42. The first-order valence-electron chi connectivity index (χ1n) is 6.24. The van der Waals surface area contributed by atoms with Crippen LogP contribution in [0, 0.1) is 5.92 Å². The standard InChI is InChI=1S/C13H17Cl2N3O/c1-8(16)9-4-5-18(7-9)13(19)17-10-2-3-11(14)12(15)6-10/h2-3,6,8-9H,4-5,7,16H2,1H3,(H,17,19). The highest BCUT2D eigenvalue weighted by Crippen LogP contribution is 2.26. The van der Waals surface area contributed by atoms with Gasteiger partial charge >= 0.3 is 6.03 Å². The smallest absolute Gasteiger partial charge is 0.321 e. The fourth-order valence-corrected chi connectivity index (χ4v) is 2.48. The molecule has 0 bridgehead atoms. The summed E-state index contributed by atoms with van der Waals surface area (Å²) in [5, 5.41) is 3.71. The third-order valence-corrected chi connectivity index (χ3v) is 4.17. The zero-order valence-corrected chi connectivity index (χ0v) is 12.2. The molecule has 0 spiro atoms. The second-order valence-corrected chi connectivity index (χ2v) is 5.73. The summed E-state index contributed by atoms with van der Waals surface area (Å²) < 4.78 is 0. The number of rotatable bonds is 2. The van der Waals surface area contributed by atoms with Gasteiger partial charge in [-0.15, -0.1) is 0 Å². The lowest BCUT2D eigenvalue weighted by atomic mass is 10.0. The SMILES string of the molecule is CC(N)C1CCN(C(=O)Nc2ccc(Cl)c(Cl)c2)C1. The average Bonchev–Trinajstić information content (AvgIpc) is 2.83. The van der Waals surface area contributed by atoms with Crippen molar-refractivity contribution in [3.05, 3.63) is 28.2 Å². The fraction of sp³-hybridized carbons (Fsp3) is 0.462. The molecule has 1 aromatic carbocycles. The van der Waals surface area contributed by atoms with Gasteiger partial charge in [-0.2, -0.15) is 0 Å². The van der Waals surface area contributed by atoms with E-state index >= 15 is 0 Å². The Morgan fingerprint density at radius 2 is 2.21 bits per heavy atom. The molecular weight excluding hydrogens is 285 g/mol. The van der Waals surface area contributed by atoms with Crippen LogP contribution in [0.5, 0.6) is 0 Å². The maximum atomic E-state index is 12.1. The van der Waals surface area contributed by atoms with Crippen molar-refractivity contribution in [2.75, 3.05) is 18.4 Å². The Balaban J connectivity index is 1.96. The van der Waals surface area contributed by atoms with Crippen molar-refractivity contribution in [3.8, 4) is 0 Å². The summed E-state index contributed by atoms with van der Waals surface area (Å²) in [4.78, 5) is 13.9. The van der Waals surface area contributed by atoms with Crippen LogP contribution in [-0.4, -0.2) is 30.1 Å². The molecule has 1 aliphatic rings. The molecule has 1 heterocycles. The van der Waals surface area contributed by atoms with Gasteiger partial charge in [0, 0.05) is 24.8 Å². The molecule has 104 valence electrons. The van der Waals surface area contributed by atoms with Crippen LogP contribution < -0.4 is 11.1 Å². The van der Waals surface area contributed by atoms with Crippen molar-refractivity contribution in [1.29, 1.82) is 0 Å². The van der Waals surface area contributed by atoms with E-state index in [1.54, 1.807) is 23.1 Å². The molecule has 2 atom stereocenters. The first-order valence-corrected chi connectivity index (χ1v) is 6.99. The molecule has 0 aliphatic carbocycles. The molecule has 3 N–H and O–H groups in total. The molecule has 0 radical (unpaired) electrons. The second kappa shape index (κ2) is 5.99. The Bertz CT molecular complexity index is 479. The monoisotopic (exact) mass is 301 g/mol. The van der Waals surface area contributed by atoms with Gasteiger partial charge in [-0.1, -0.05) is 23.2 Å². The van der Waals surface area contributed by atoms with E-state index in [1.165, 1.54) is 0 Å². The molecule has 0 saturated carbocycles.